The van der Waals surface area contributed by atoms with E-state index in [4.69, 9.17) is 11.6 Å². The van der Waals surface area contributed by atoms with E-state index in [1.807, 2.05) is 30.0 Å². The third-order valence-electron chi connectivity index (χ3n) is 2.96. The van der Waals surface area contributed by atoms with Crippen LogP contribution in [-0.4, -0.2) is 4.57 Å². The monoisotopic (exact) mass is 302 g/mol. The van der Waals surface area contributed by atoms with E-state index in [9.17, 15) is 13.2 Å². The molecule has 0 radical (unpaired) electrons. The molecule has 6 heteroatoms. The predicted octanol–water partition coefficient (Wildman–Crippen LogP) is 4.79. The van der Waals surface area contributed by atoms with Crippen LogP contribution in [0, 0.1) is 0 Å². The van der Waals surface area contributed by atoms with Crippen LogP contribution in [0.2, 0.25) is 5.02 Å². The second kappa shape index (κ2) is 5.79. The van der Waals surface area contributed by atoms with Gasteiger partial charge in [-0.05, 0) is 36.8 Å². The van der Waals surface area contributed by atoms with Crippen LogP contribution in [0.1, 0.15) is 18.1 Å². The Morgan fingerprint density at radius 3 is 2.55 bits per heavy atom. The molecular formula is C14H14ClF3N2. The zero-order valence-electron chi connectivity index (χ0n) is 10.8. The molecule has 0 saturated heterocycles. The molecule has 0 saturated carbocycles. The number of nitrogens with zero attached hydrogens (tertiary/aromatic N) is 1. The highest BCUT2D eigenvalue weighted by Gasteiger charge is 2.30. The van der Waals surface area contributed by atoms with Crippen LogP contribution in [0.4, 0.5) is 18.9 Å². The third kappa shape index (κ3) is 3.48. The third-order valence-corrected chi connectivity index (χ3v) is 3.27. The summed E-state index contributed by atoms with van der Waals surface area (Å²) in [6, 6.07) is 5.25. The van der Waals surface area contributed by atoms with Gasteiger partial charge < -0.3 is 9.88 Å². The Morgan fingerprint density at radius 1 is 1.25 bits per heavy atom. The number of alkyl halides is 3. The molecule has 2 nitrogen and oxygen atoms in total. The fourth-order valence-electron chi connectivity index (χ4n) is 1.82. The summed E-state index contributed by atoms with van der Waals surface area (Å²) >= 11 is 5.87. The van der Waals surface area contributed by atoms with E-state index >= 15 is 0 Å². The van der Waals surface area contributed by atoms with Crippen molar-refractivity contribution < 1.29 is 13.2 Å². The van der Waals surface area contributed by atoms with Crippen LogP contribution < -0.4 is 5.32 Å². The van der Waals surface area contributed by atoms with Crippen molar-refractivity contribution in [1.82, 2.24) is 4.57 Å². The van der Waals surface area contributed by atoms with Crippen molar-refractivity contribution in [3.05, 3.63) is 52.8 Å². The maximum atomic E-state index is 12.5. The van der Waals surface area contributed by atoms with Crippen molar-refractivity contribution in [2.45, 2.75) is 26.2 Å². The SMILES string of the molecule is CCn1ccc(CNc2ccc(C(F)(F)F)cc2Cl)c1. The number of nitrogens with one attached hydrogen (secondary N) is 1. The van der Waals surface area contributed by atoms with Crippen LogP contribution in [0.3, 0.4) is 0 Å². The molecule has 0 aliphatic carbocycles. The van der Waals surface area contributed by atoms with E-state index in [0.29, 0.717) is 12.2 Å². The Kier molecular flexibility index (Phi) is 4.28. The van der Waals surface area contributed by atoms with Crippen LogP contribution in [-0.2, 0) is 19.3 Å². The molecule has 2 aromatic rings. The van der Waals surface area contributed by atoms with Crippen LogP contribution in [0.5, 0.6) is 0 Å². The Balaban J connectivity index is 2.06. The molecule has 2 rings (SSSR count). The summed E-state index contributed by atoms with van der Waals surface area (Å²) in [7, 11) is 0. The predicted molar refractivity (Wildman–Crippen MR) is 73.9 cm³/mol. The van der Waals surface area contributed by atoms with Crippen molar-refractivity contribution in [2.75, 3.05) is 5.32 Å². The average molecular weight is 303 g/mol. The van der Waals surface area contributed by atoms with Crippen LogP contribution in [0.25, 0.3) is 0 Å². The quantitative estimate of drug-likeness (QED) is 0.859. The minimum Gasteiger partial charge on any atom is -0.380 e. The highest BCUT2D eigenvalue weighted by molar-refractivity contribution is 6.33. The molecule has 1 heterocycles. The van der Waals surface area contributed by atoms with Gasteiger partial charge in [-0.1, -0.05) is 11.6 Å². The van der Waals surface area contributed by atoms with E-state index < -0.39 is 11.7 Å². The molecule has 0 aliphatic heterocycles. The first kappa shape index (κ1) is 14.8. The first-order chi connectivity index (χ1) is 9.40. The lowest BCUT2D eigenvalue weighted by Crippen LogP contribution is -2.06. The fraction of sp³-hybridized carbons (Fsp3) is 0.286. The smallest absolute Gasteiger partial charge is 0.380 e. The molecule has 0 atom stereocenters. The molecule has 0 fully saturated rings. The summed E-state index contributed by atoms with van der Waals surface area (Å²) in [5.74, 6) is 0. The second-order valence-electron chi connectivity index (χ2n) is 4.40. The number of anilines is 1. The minimum atomic E-state index is -4.37. The van der Waals surface area contributed by atoms with Gasteiger partial charge in [0.05, 0.1) is 16.3 Å². The van der Waals surface area contributed by atoms with Gasteiger partial charge in [-0.3, -0.25) is 0 Å². The van der Waals surface area contributed by atoms with Gasteiger partial charge >= 0.3 is 6.18 Å². The molecule has 0 aliphatic rings. The van der Waals surface area contributed by atoms with Gasteiger partial charge in [0.25, 0.3) is 0 Å². The fourth-order valence-corrected chi connectivity index (χ4v) is 2.07. The van der Waals surface area contributed by atoms with Gasteiger partial charge in [0.1, 0.15) is 0 Å². The topological polar surface area (TPSA) is 17.0 Å². The number of aryl methyl sites for hydroxylation is 1. The van der Waals surface area contributed by atoms with Crippen molar-refractivity contribution in [3.63, 3.8) is 0 Å². The normalized spacial score (nSPS) is 11.7. The molecule has 1 aromatic heterocycles. The summed E-state index contributed by atoms with van der Waals surface area (Å²) in [4.78, 5) is 0. The Hall–Kier alpha value is -1.62. The first-order valence-electron chi connectivity index (χ1n) is 6.15. The van der Waals surface area contributed by atoms with E-state index in [-0.39, 0.29) is 5.02 Å². The van der Waals surface area contributed by atoms with Crippen molar-refractivity contribution >= 4 is 17.3 Å². The van der Waals surface area contributed by atoms with Crippen molar-refractivity contribution in [1.29, 1.82) is 0 Å². The molecule has 0 bridgehead atoms. The Labute approximate surface area is 120 Å². The lowest BCUT2D eigenvalue weighted by Gasteiger charge is -2.11. The van der Waals surface area contributed by atoms with Gasteiger partial charge in [-0.25, -0.2) is 0 Å². The molecule has 20 heavy (non-hydrogen) atoms. The highest BCUT2D eigenvalue weighted by atomic mass is 35.5. The number of rotatable bonds is 4. The number of aromatic nitrogens is 1. The number of benzene rings is 1. The average Bonchev–Trinajstić information content (AvgIpc) is 2.84. The van der Waals surface area contributed by atoms with E-state index in [0.717, 1.165) is 24.2 Å². The second-order valence-corrected chi connectivity index (χ2v) is 4.80. The van der Waals surface area contributed by atoms with Gasteiger partial charge in [0.15, 0.2) is 0 Å². The minimum absolute atomic E-state index is 0.0646. The molecule has 0 amide bonds. The Morgan fingerprint density at radius 2 is 2.00 bits per heavy atom. The highest BCUT2D eigenvalue weighted by Crippen LogP contribution is 2.33. The van der Waals surface area contributed by atoms with Gasteiger partial charge in [0, 0.05) is 25.5 Å². The summed E-state index contributed by atoms with van der Waals surface area (Å²) < 4.78 is 39.6. The summed E-state index contributed by atoms with van der Waals surface area (Å²) in [6.45, 7) is 3.42. The zero-order valence-corrected chi connectivity index (χ0v) is 11.6. The molecule has 108 valence electrons. The van der Waals surface area contributed by atoms with E-state index in [2.05, 4.69) is 5.32 Å². The molecule has 1 aromatic carbocycles. The summed E-state index contributed by atoms with van der Waals surface area (Å²) in [5, 5.41) is 3.10. The number of hydrogen-bond acceptors (Lipinski definition) is 1. The maximum absolute atomic E-state index is 12.5. The van der Waals surface area contributed by atoms with E-state index in [1.54, 1.807) is 0 Å². The maximum Gasteiger partial charge on any atom is 0.416 e. The summed E-state index contributed by atoms with van der Waals surface area (Å²) in [6.07, 6.45) is -0.448. The number of hydrogen-bond donors (Lipinski definition) is 1. The largest absolute Gasteiger partial charge is 0.416 e. The van der Waals surface area contributed by atoms with Crippen molar-refractivity contribution in [2.24, 2.45) is 0 Å². The lowest BCUT2D eigenvalue weighted by atomic mass is 10.2. The van der Waals surface area contributed by atoms with E-state index in [1.165, 1.54) is 6.07 Å². The van der Waals surface area contributed by atoms with Crippen molar-refractivity contribution in [3.8, 4) is 0 Å². The zero-order chi connectivity index (χ0) is 14.8. The lowest BCUT2D eigenvalue weighted by molar-refractivity contribution is -0.137. The van der Waals surface area contributed by atoms with Gasteiger partial charge in [-0.2, -0.15) is 13.2 Å². The van der Waals surface area contributed by atoms with Crippen LogP contribution >= 0.6 is 11.6 Å². The summed E-state index contributed by atoms with van der Waals surface area (Å²) in [5.41, 5.74) is 0.789. The standard InChI is InChI=1S/C14H14ClF3N2/c1-2-20-6-5-10(9-20)8-19-13-4-3-11(7-12(13)15)14(16,17)18/h3-7,9,19H,2,8H2,1H3. The first-order valence-corrected chi connectivity index (χ1v) is 6.53. The Bertz CT molecular complexity index is 590. The van der Waals surface area contributed by atoms with Gasteiger partial charge in [0.2, 0.25) is 0 Å². The molecule has 0 unspecified atom stereocenters. The van der Waals surface area contributed by atoms with Crippen LogP contribution in [0.15, 0.2) is 36.7 Å². The molecule has 1 N–H and O–H groups in total. The molecule has 0 spiro atoms. The molecular weight excluding hydrogens is 289 g/mol. The number of halogens is 4. The van der Waals surface area contributed by atoms with Gasteiger partial charge in [-0.15, -0.1) is 0 Å².